The van der Waals surface area contributed by atoms with Crippen LogP contribution >= 0.6 is 23.5 Å². The third-order valence-corrected chi connectivity index (χ3v) is 9.84. The largest absolute Gasteiger partial charge is 0.337 e. The second-order valence-corrected chi connectivity index (χ2v) is 12.0. The molecule has 1 aromatic heterocycles. The summed E-state index contributed by atoms with van der Waals surface area (Å²) in [7, 11) is 0. The molecule has 0 aromatic carbocycles. The summed E-state index contributed by atoms with van der Waals surface area (Å²) in [5.74, 6) is 1.37. The SMILES string of the molecule is CCCCCCCCCCCCC1(CCCn2ccnc2)SCCC(CC)S1. The highest BCUT2D eigenvalue weighted by atomic mass is 32.2. The van der Waals surface area contributed by atoms with E-state index in [1.807, 2.05) is 12.5 Å². The van der Waals surface area contributed by atoms with Crippen LogP contribution in [0.25, 0.3) is 0 Å². The molecule has 1 aliphatic heterocycles. The fourth-order valence-corrected chi connectivity index (χ4v) is 8.25. The summed E-state index contributed by atoms with van der Waals surface area (Å²) >= 11 is 4.62. The van der Waals surface area contributed by atoms with Crippen molar-refractivity contribution >= 4 is 23.5 Å². The Morgan fingerprint density at radius 1 is 0.929 bits per heavy atom. The van der Waals surface area contributed by atoms with E-state index in [2.05, 4.69) is 53.1 Å². The Morgan fingerprint density at radius 3 is 2.25 bits per heavy atom. The molecule has 2 atom stereocenters. The van der Waals surface area contributed by atoms with Gasteiger partial charge in [-0.25, -0.2) is 4.98 Å². The van der Waals surface area contributed by atoms with Gasteiger partial charge in [0.2, 0.25) is 0 Å². The number of hydrogen-bond donors (Lipinski definition) is 0. The summed E-state index contributed by atoms with van der Waals surface area (Å²) in [6, 6.07) is 0. The second kappa shape index (κ2) is 14.8. The molecule has 2 heterocycles. The van der Waals surface area contributed by atoms with Gasteiger partial charge in [-0.3, -0.25) is 0 Å². The molecule has 162 valence electrons. The normalized spacial score (nSPS) is 22.6. The first-order valence-corrected chi connectivity index (χ1v) is 13.9. The van der Waals surface area contributed by atoms with Crippen molar-refractivity contribution in [3.63, 3.8) is 0 Å². The molecule has 1 fully saturated rings. The molecule has 1 saturated heterocycles. The lowest BCUT2D eigenvalue weighted by molar-refractivity contribution is 0.512. The van der Waals surface area contributed by atoms with Crippen molar-refractivity contribution in [3.05, 3.63) is 18.7 Å². The monoisotopic (exact) mass is 424 g/mol. The molecule has 0 saturated carbocycles. The molecule has 2 unspecified atom stereocenters. The van der Waals surface area contributed by atoms with Crippen LogP contribution in [0.3, 0.4) is 0 Å². The Kier molecular flexibility index (Phi) is 12.8. The van der Waals surface area contributed by atoms with Crippen LogP contribution in [0, 0.1) is 0 Å². The summed E-state index contributed by atoms with van der Waals surface area (Å²) in [5.41, 5.74) is 0. The molecule has 2 rings (SSSR count). The average molecular weight is 425 g/mol. The summed E-state index contributed by atoms with van der Waals surface area (Å²) in [5, 5.41) is 0.887. The second-order valence-electron chi connectivity index (χ2n) is 8.53. The number of aryl methyl sites for hydroxylation is 1. The van der Waals surface area contributed by atoms with E-state index < -0.39 is 0 Å². The van der Waals surface area contributed by atoms with Crippen LogP contribution in [-0.2, 0) is 6.54 Å². The van der Waals surface area contributed by atoms with Crippen molar-refractivity contribution < 1.29 is 0 Å². The quantitative estimate of drug-likeness (QED) is 0.248. The van der Waals surface area contributed by atoms with E-state index in [4.69, 9.17) is 0 Å². The van der Waals surface area contributed by atoms with Crippen LogP contribution in [0.2, 0.25) is 0 Å². The number of aromatic nitrogens is 2. The molecular formula is C24H44N2S2. The van der Waals surface area contributed by atoms with Crippen LogP contribution in [-0.4, -0.2) is 24.6 Å². The molecule has 1 aliphatic rings. The van der Waals surface area contributed by atoms with E-state index in [0.29, 0.717) is 4.08 Å². The Morgan fingerprint density at radius 2 is 1.61 bits per heavy atom. The highest BCUT2D eigenvalue weighted by Crippen LogP contribution is 2.52. The van der Waals surface area contributed by atoms with Crippen LogP contribution in [0.4, 0.5) is 0 Å². The third-order valence-electron chi connectivity index (χ3n) is 6.09. The zero-order chi connectivity index (χ0) is 19.9. The van der Waals surface area contributed by atoms with Crippen molar-refractivity contribution in [1.82, 2.24) is 9.55 Å². The van der Waals surface area contributed by atoms with Crippen molar-refractivity contribution in [2.45, 2.75) is 126 Å². The Hall–Kier alpha value is -0.0900. The zero-order valence-corrected chi connectivity index (χ0v) is 20.2. The average Bonchev–Trinajstić information content (AvgIpc) is 3.23. The number of rotatable bonds is 16. The summed E-state index contributed by atoms with van der Waals surface area (Å²) in [4.78, 5) is 4.19. The first kappa shape index (κ1) is 24.2. The van der Waals surface area contributed by atoms with Gasteiger partial charge in [-0.15, -0.1) is 23.5 Å². The Labute approximate surface area is 183 Å². The van der Waals surface area contributed by atoms with Gasteiger partial charge in [-0.05, 0) is 37.9 Å². The molecule has 1 aromatic rings. The topological polar surface area (TPSA) is 17.8 Å². The molecule has 0 aliphatic carbocycles. The minimum absolute atomic E-state index is 0.486. The van der Waals surface area contributed by atoms with Crippen LogP contribution in [0.1, 0.15) is 110 Å². The predicted octanol–water partition coefficient (Wildman–Crippen LogP) is 8.32. The standard InChI is InChI=1S/C24H44N2S2/c1-3-5-6-7-8-9-10-11-12-13-16-24(27-21-15-23(4-2)28-24)17-14-19-26-20-18-25-22-26/h18,20,22-23H,3-17,19,21H2,1-2H3. The van der Waals surface area contributed by atoms with E-state index in [9.17, 15) is 0 Å². The first-order chi connectivity index (χ1) is 13.8. The van der Waals surface area contributed by atoms with Crippen molar-refractivity contribution in [1.29, 1.82) is 0 Å². The van der Waals surface area contributed by atoms with Gasteiger partial charge in [0, 0.05) is 24.2 Å². The van der Waals surface area contributed by atoms with E-state index >= 15 is 0 Å². The maximum absolute atomic E-state index is 4.19. The Bertz CT molecular complexity index is 477. The van der Waals surface area contributed by atoms with Gasteiger partial charge in [0.05, 0.1) is 10.4 Å². The van der Waals surface area contributed by atoms with Crippen LogP contribution in [0.15, 0.2) is 18.7 Å². The highest BCUT2D eigenvalue weighted by Gasteiger charge is 2.36. The lowest BCUT2D eigenvalue weighted by atomic mass is 10.0. The van der Waals surface area contributed by atoms with E-state index in [-0.39, 0.29) is 0 Å². The van der Waals surface area contributed by atoms with Crippen molar-refractivity contribution in [3.8, 4) is 0 Å². The fraction of sp³-hybridized carbons (Fsp3) is 0.875. The number of thioether (sulfide) groups is 2. The Balaban J connectivity index is 1.64. The maximum atomic E-state index is 4.19. The fourth-order valence-electron chi connectivity index (χ4n) is 4.28. The molecule has 28 heavy (non-hydrogen) atoms. The summed E-state index contributed by atoms with van der Waals surface area (Å²) in [6.45, 7) is 5.80. The minimum atomic E-state index is 0.486. The highest BCUT2D eigenvalue weighted by molar-refractivity contribution is 8.19. The molecular weight excluding hydrogens is 380 g/mol. The van der Waals surface area contributed by atoms with E-state index in [0.717, 1.165) is 11.8 Å². The van der Waals surface area contributed by atoms with Crippen molar-refractivity contribution in [2.24, 2.45) is 0 Å². The molecule has 0 bridgehead atoms. The first-order valence-electron chi connectivity index (χ1n) is 12.1. The van der Waals surface area contributed by atoms with Gasteiger partial charge < -0.3 is 4.57 Å². The van der Waals surface area contributed by atoms with Crippen molar-refractivity contribution in [2.75, 3.05) is 5.75 Å². The molecule has 2 nitrogen and oxygen atoms in total. The van der Waals surface area contributed by atoms with Gasteiger partial charge in [0.25, 0.3) is 0 Å². The number of hydrogen-bond acceptors (Lipinski definition) is 3. The van der Waals surface area contributed by atoms with Gasteiger partial charge in [0.1, 0.15) is 0 Å². The predicted molar refractivity (Wildman–Crippen MR) is 129 cm³/mol. The van der Waals surface area contributed by atoms with Gasteiger partial charge >= 0.3 is 0 Å². The number of imidazole rings is 1. The summed E-state index contributed by atoms with van der Waals surface area (Å²) < 4.78 is 2.73. The van der Waals surface area contributed by atoms with E-state index in [1.54, 1.807) is 0 Å². The molecule has 0 spiro atoms. The molecule has 4 heteroatoms. The van der Waals surface area contributed by atoms with Crippen LogP contribution in [0.5, 0.6) is 0 Å². The number of unbranched alkanes of at least 4 members (excludes halogenated alkanes) is 9. The minimum Gasteiger partial charge on any atom is -0.337 e. The molecule has 0 amide bonds. The van der Waals surface area contributed by atoms with E-state index in [1.165, 1.54) is 102 Å². The summed E-state index contributed by atoms with van der Waals surface area (Å²) in [6.07, 6.45) is 27.2. The molecule has 0 radical (unpaired) electrons. The lowest BCUT2D eigenvalue weighted by Crippen LogP contribution is -2.29. The number of nitrogens with zero attached hydrogens (tertiary/aromatic N) is 2. The van der Waals surface area contributed by atoms with Gasteiger partial charge in [0.15, 0.2) is 0 Å². The lowest BCUT2D eigenvalue weighted by Gasteiger charge is -2.40. The molecule has 0 N–H and O–H groups in total. The smallest absolute Gasteiger partial charge is 0.0945 e. The van der Waals surface area contributed by atoms with Crippen LogP contribution < -0.4 is 0 Å². The third kappa shape index (κ3) is 9.61. The van der Waals surface area contributed by atoms with Gasteiger partial charge in [-0.1, -0.05) is 78.1 Å². The zero-order valence-electron chi connectivity index (χ0n) is 18.5. The van der Waals surface area contributed by atoms with Gasteiger partial charge in [-0.2, -0.15) is 0 Å². The maximum Gasteiger partial charge on any atom is 0.0945 e.